The molecule has 1 aromatic heterocycles. The Bertz CT molecular complexity index is 434. The lowest BCUT2D eigenvalue weighted by molar-refractivity contribution is 0.0519. The molecule has 2 rings (SSSR count). The number of piperidine rings is 1. The van der Waals surface area contributed by atoms with Crippen LogP contribution in [0.3, 0.4) is 0 Å². The van der Waals surface area contributed by atoms with Gasteiger partial charge in [0.25, 0.3) is 6.01 Å². The summed E-state index contributed by atoms with van der Waals surface area (Å²) in [5, 5.41) is 0. The van der Waals surface area contributed by atoms with Gasteiger partial charge in [0.2, 0.25) is 0 Å². The number of nitrogens with two attached hydrogens (primary N) is 1. The molecule has 0 aromatic carbocycles. The fraction of sp³-hybridized carbons (Fsp3) is 0.667. The predicted molar refractivity (Wildman–Crippen MR) is 68.1 cm³/mol. The molecule has 1 aromatic rings. The van der Waals surface area contributed by atoms with Crippen LogP contribution in [0.15, 0.2) is 10.7 Å². The Kier molecular flexibility index (Phi) is 4.39. The number of nitrogens with zero attached hydrogens (tertiary/aromatic N) is 2. The van der Waals surface area contributed by atoms with Crippen LogP contribution in [0.1, 0.15) is 23.8 Å². The van der Waals surface area contributed by atoms with E-state index in [1.54, 1.807) is 14.0 Å². The fourth-order valence-electron chi connectivity index (χ4n) is 2.07. The minimum Gasteiger partial charge on any atom is -0.461 e. The average Bonchev–Trinajstić information content (AvgIpc) is 2.89. The van der Waals surface area contributed by atoms with Crippen molar-refractivity contribution in [2.75, 3.05) is 31.7 Å². The summed E-state index contributed by atoms with van der Waals surface area (Å²) in [4.78, 5) is 17.6. The standard InChI is InChI=1S/C12H19N3O4/c1-3-18-11(16)9-7-19-12(14-9)15-5-4-8(13)10(6-15)17-2/h7-8,10H,3-6,13H2,1-2H3/t8-,10+/m1/s1. The van der Waals surface area contributed by atoms with E-state index in [1.165, 1.54) is 6.26 Å². The van der Waals surface area contributed by atoms with Crippen LogP contribution < -0.4 is 10.6 Å². The van der Waals surface area contributed by atoms with Crippen molar-refractivity contribution in [3.8, 4) is 0 Å². The normalized spacial score (nSPS) is 23.4. The fourth-order valence-corrected chi connectivity index (χ4v) is 2.07. The molecule has 0 amide bonds. The largest absolute Gasteiger partial charge is 0.461 e. The van der Waals surface area contributed by atoms with E-state index in [0.29, 0.717) is 19.2 Å². The third-order valence-corrected chi connectivity index (χ3v) is 3.16. The monoisotopic (exact) mass is 269 g/mol. The van der Waals surface area contributed by atoms with Crippen molar-refractivity contribution in [3.63, 3.8) is 0 Å². The summed E-state index contributed by atoms with van der Waals surface area (Å²) >= 11 is 0. The molecule has 1 aliphatic rings. The van der Waals surface area contributed by atoms with Crippen LogP contribution in [0.5, 0.6) is 0 Å². The first-order chi connectivity index (χ1) is 9.15. The van der Waals surface area contributed by atoms with Crippen molar-refractivity contribution in [2.45, 2.75) is 25.5 Å². The van der Waals surface area contributed by atoms with E-state index in [2.05, 4.69) is 4.98 Å². The Labute approximate surface area is 111 Å². The van der Waals surface area contributed by atoms with Gasteiger partial charge in [0, 0.05) is 19.7 Å². The van der Waals surface area contributed by atoms with Crippen molar-refractivity contribution in [1.82, 2.24) is 4.98 Å². The highest BCUT2D eigenvalue weighted by molar-refractivity contribution is 5.87. The first-order valence-electron chi connectivity index (χ1n) is 6.31. The van der Waals surface area contributed by atoms with Gasteiger partial charge < -0.3 is 24.5 Å². The average molecular weight is 269 g/mol. The Hall–Kier alpha value is -1.60. The van der Waals surface area contributed by atoms with E-state index in [1.807, 2.05) is 4.90 Å². The van der Waals surface area contributed by atoms with Crippen LogP contribution in [0.4, 0.5) is 6.01 Å². The Morgan fingerprint density at radius 2 is 2.47 bits per heavy atom. The van der Waals surface area contributed by atoms with Crippen molar-refractivity contribution in [3.05, 3.63) is 12.0 Å². The highest BCUT2D eigenvalue weighted by Gasteiger charge is 2.29. The molecule has 0 saturated carbocycles. The Morgan fingerprint density at radius 3 is 3.16 bits per heavy atom. The summed E-state index contributed by atoms with van der Waals surface area (Å²) in [6.45, 7) is 3.38. The molecule has 2 N–H and O–H groups in total. The molecular formula is C12H19N3O4. The van der Waals surface area contributed by atoms with Crippen molar-refractivity contribution < 1.29 is 18.7 Å². The van der Waals surface area contributed by atoms with Crippen LogP contribution in [0.25, 0.3) is 0 Å². The van der Waals surface area contributed by atoms with Crippen molar-refractivity contribution in [1.29, 1.82) is 0 Å². The molecule has 19 heavy (non-hydrogen) atoms. The van der Waals surface area contributed by atoms with E-state index < -0.39 is 5.97 Å². The second kappa shape index (κ2) is 6.03. The number of carbonyl (C=O) groups excluding carboxylic acids is 1. The molecule has 7 heteroatoms. The number of hydrogen-bond donors (Lipinski definition) is 1. The van der Waals surface area contributed by atoms with Crippen LogP contribution in [-0.4, -0.2) is 49.9 Å². The molecule has 7 nitrogen and oxygen atoms in total. The highest BCUT2D eigenvalue weighted by Crippen LogP contribution is 2.20. The lowest BCUT2D eigenvalue weighted by atomic mass is 10.0. The molecule has 0 radical (unpaired) electrons. The highest BCUT2D eigenvalue weighted by atomic mass is 16.5. The molecule has 1 fully saturated rings. The van der Waals surface area contributed by atoms with Gasteiger partial charge in [-0.2, -0.15) is 4.98 Å². The maximum Gasteiger partial charge on any atom is 0.360 e. The molecular weight excluding hydrogens is 250 g/mol. The second-order valence-electron chi connectivity index (χ2n) is 4.41. The number of oxazole rings is 1. The van der Waals surface area contributed by atoms with Crippen LogP contribution >= 0.6 is 0 Å². The zero-order valence-corrected chi connectivity index (χ0v) is 11.2. The summed E-state index contributed by atoms with van der Waals surface area (Å²) in [6, 6.07) is 0.415. The number of hydrogen-bond acceptors (Lipinski definition) is 7. The van der Waals surface area contributed by atoms with Crippen LogP contribution in [0, 0.1) is 0 Å². The molecule has 1 aliphatic heterocycles. The number of aromatic nitrogens is 1. The summed E-state index contributed by atoms with van der Waals surface area (Å²) < 4.78 is 15.5. The van der Waals surface area contributed by atoms with E-state index in [0.717, 1.165) is 13.0 Å². The SMILES string of the molecule is CCOC(=O)c1coc(N2CC[C@@H](N)[C@@H](OC)C2)n1. The van der Waals surface area contributed by atoms with E-state index in [4.69, 9.17) is 19.6 Å². The smallest absolute Gasteiger partial charge is 0.360 e. The molecule has 2 atom stereocenters. The number of methoxy groups -OCH3 is 1. The summed E-state index contributed by atoms with van der Waals surface area (Å²) in [5.74, 6) is -0.477. The lowest BCUT2D eigenvalue weighted by Crippen LogP contribution is -2.51. The minimum atomic E-state index is -0.477. The number of ether oxygens (including phenoxy) is 2. The van der Waals surface area contributed by atoms with E-state index in [-0.39, 0.29) is 17.8 Å². The minimum absolute atomic E-state index is 0.0146. The van der Waals surface area contributed by atoms with E-state index in [9.17, 15) is 4.79 Å². The zero-order valence-electron chi connectivity index (χ0n) is 11.2. The van der Waals surface area contributed by atoms with Gasteiger partial charge in [0.15, 0.2) is 5.69 Å². The van der Waals surface area contributed by atoms with Gasteiger partial charge in [-0.15, -0.1) is 0 Å². The summed E-state index contributed by atoms with van der Waals surface area (Å²) in [5.41, 5.74) is 6.13. The lowest BCUT2D eigenvalue weighted by Gasteiger charge is -2.34. The van der Waals surface area contributed by atoms with Crippen molar-refractivity contribution >= 4 is 12.0 Å². The Morgan fingerprint density at radius 1 is 1.68 bits per heavy atom. The third-order valence-electron chi connectivity index (χ3n) is 3.16. The predicted octanol–water partition coefficient (Wildman–Crippen LogP) is 0.404. The number of anilines is 1. The van der Waals surface area contributed by atoms with E-state index >= 15 is 0 Å². The maximum absolute atomic E-state index is 11.5. The summed E-state index contributed by atoms with van der Waals surface area (Å²) in [7, 11) is 1.63. The van der Waals surface area contributed by atoms with Crippen LogP contribution in [-0.2, 0) is 9.47 Å². The topological polar surface area (TPSA) is 90.8 Å². The zero-order chi connectivity index (χ0) is 13.8. The van der Waals surface area contributed by atoms with Gasteiger partial charge in [-0.25, -0.2) is 4.79 Å². The van der Waals surface area contributed by atoms with Gasteiger partial charge >= 0.3 is 5.97 Å². The summed E-state index contributed by atoms with van der Waals surface area (Å²) in [6.07, 6.45) is 2.03. The first kappa shape index (κ1) is 13.8. The number of carbonyl (C=O) groups is 1. The van der Waals surface area contributed by atoms with Gasteiger partial charge in [-0.1, -0.05) is 0 Å². The molecule has 106 valence electrons. The number of rotatable bonds is 4. The van der Waals surface area contributed by atoms with Crippen LogP contribution in [0.2, 0.25) is 0 Å². The van der Waals surface area contributed by atoms with Gasteiger partial charge in [0.05, 0.1) is 19.3 Å². The molecule has 0 aliphatic carbocycles. The molecule has 0 unspecified atom stereocenters. The maximum atomic E-state index is 11.5. The Balaban J connectivity index is 2.04. The van der Waals surface area contributed by atoms with Gasteiger partial charge in [-0.3, -0.25) is 0 Å². The molecule has 2 heterocycles. The van der Waals surface area contributed by atoms with Crippen molar-refractivity contribution in [2.24, 2.45) is 5.73 Å². The molecule has 1 saturated heterocycles. The number of esters is 1. The first-order valence-corrected chi connectivity index (χ1v) is 6.31. The molecule has 0 spiro atoms. The molecule has 0 bridgehead atoms. The quantitative estimate of drug-likeness (QED) is 0.791. The van der Waals surface area contributed by atoms with Gasteiger partial charge in [0.1, 0.15) is 6.26 Å². The third kappa shape index (κ3) is 3.05. The van der Waals surface area contributed by atoms with Gasteiger partial charge in [-0.05, 0) is 13.3 Å². The second-order valence-corrected chi connectivity index (χ2v) is 4.41.